The second-order valence-electron chi connectivity index (χ2n) is 10.9. The fourth-order valence-corrected chi connectivity index (χ4v) is 6.42. The molecule has 35 heavy (non-hydrogen) atoms. The average molecular weight is 471 g/mol. The largest absolute Gasteiger partial charge is 0.511 e. The van der Waals surface area contributed by atoms with Gasteiger partial charge in [-0.05, 0) is 43.2 Å². The van der Waals surface area contributed by atoms with Crippen molar-refractivity contribution in [2.45, 2.75) is 58.5 Å². The van der Waals surface area contributed by atoms with Gasteiger partial charge < -0.3 is 19.6 Å². The molecule has 0 radical (unpaired) electrons. The van der Waals surface area contributed by atoms with Crippen LogP contribution in [0.1, 0.15) is 52.7 Å². The zero-order chi connectivity index (χ0) is 25.1. The van der Waals surface area contributed by atoms with Crippen molar-refractivity contribution in [1.29, 1.82) is 0 Å². The predicted molar refractivity (Wildman–Crippen MR) is 145 cm³/mol. The lowest BCUT2D eigenvalue weighted by Gasteiger charge is -2.38. The molecule has 0 spiro atoms. The topological polar surface area (TPSA) is 35.9 Å². The van der Waals surface area contributed by atoms with Crippen molar-refractivity contribution in [3.05, 3.63) is 94.5 Å². The van der Waals surface area contributed by atoms with Gasteiger partial charge in [0.25, 0.3) is 0 Å². The van der Waals surface area contributed by atoms with Crippen LogP contribution in [0.5, 0.6) is 0 Å². The van der Waals surface area contributed by atoms with E-state index in [9.17, 15) is 5.11 Å². The number of hydrogen-bond acceptors (Lipinski definition) is 4. The molecule has 5 rings (SSSR count). The number of allylic oxidation sites excluding steroid dienone is 2. The van der Waals surface area contributed by atoms with Crippen LogP contribution in [-0.2, 0) is 15.6 Å². The summed E-state index contributed by atoms with van der Waals surface area (Å²) < 4.78 is 5.99. The Balaban J connectivity index is 1.55. The van der Waals surface area contributed by atoms with Crippen LogP contribution in [-0.4, -0.2) is 31.4 Å². The highest BCUT2D eigenvalue weighted by Gasteiger charge is 2.46. The molecule has 0 aromatic heterocycles. The maximum atomic E-state index is 11.4. The molecule has 1 N–H and O–H groups in total. The Morgan fingerprint density at radius 3 is 1.83 bits per heavy atom. The molecule has 184 valence electrons. The van der Waals surface area contributed by atoms with E-state index < -0.39 is 0 Å². The van der Waals surface area contributed by atoms with Gasteiger partial charge in [-0.25, -0.2) is 0 Å². The maximum absolute atomic E-state index is 11.4. The molecular weight excluding hydrogens is 432 g/mol. The minimum absolute atomic E-state index is 0.131. The first kappa shape index (κ1) is 23.7. The number of benzene rings is 2. The van der Waals surface area contributed by atoms with E-state index in [1.54, 1.807) is 7.11 Å². The van der Waals surface area contributed by atoms with Gasteiger partial charge in [0.05, 0.1) is 12.0 Å². The van der Waals surface area contributed by atoms with Gasteiger partial charge >= 0.3 is 0 Å². The average Bonchev–Trinajstić information content (AvgIpc) is 3.21. The Hall–Kier alpha value is -2.98. The van der Waals surface area contributed by atoms with Gasteiger partial charge in [0.1, 0.15) is 5.76 Å². The van der Waals surface area contributed by atoms with Crippen LogP contribution in [0.4, 0.5) is 11.4 Å². The fraction of sp³-hybridized carbons (Fsp3) is 0.419. The summed E-state index contributed by atoms with van der Waals surface area (Å²) in [6.07, 6.45) is 4.24. The van der Waals surface area contributed by atoms with E-state index in [4.69, 9.17) is 4.74 Å². The summed E-state index contributed by atoms with van der Waals surface area (Å²) in [6, 6.07) is 17.2. The van der Waals surface area contributed by atoms with Gasteiger partial charge in [-0.3, -0.25) is 0 Å². The summed E-state index contributed by atoms with van der Waals surface area (Å²) >= 11 is 0. The summed E-state index contributed by atoms with van der Waals surface area (Å²) in [5.74, 6) is 0.258. The quantitative estimate of drug-likeness (QED) is 0.519. The number of rotatable bonds is 5. The van der Waals surface area contributed by atoms with Crippen molar-refractivity contribution in [3.63, 3.8) is 0 Å². The minimum atomic E-state index is -0.175. The van der Waals surface area contributed by atoms with Gasteiger partial charge in [-0.1, -0.05) is 70.2 Å². The molecule has 4 heteroatoms. The smallest absolute Gasteiger partial charge is 0.108 e. The molecule has 2 unspecified atom stereocenters. The standard InChI is InChI=1S/C31H38N2O2/c1-8-32-24-16-12-10-14-22(24)30(3,4)26(32)18-20-28(34)21(29(20)35-7)19-27-31(5,6)23-15-11-13-17-25(23)33(27)9-2/h10-20,29,34H,8-9H2,1-7H3. The Labute approximate surface area is 210 Å². The normalized spacial score (nSPS) is 26.4. The van der Waals surface area contributed by atoms with Crippen LogP contribution in [0.25, 0.3) is 0 Å². The molecule has 0 saturated carbocycles. The molecular formula is C31H38N2O2. The molecule has 2 aromatic carbocycles. The number of methoxy groups -OCH3 is 1. The molecule has 2 atom stereocenters. The lowest BCUT2D eigenvalue weighted by Crippen LogP contribution is -2.39. The number of para-hydroxylation sites is 2. The zero-order valence-corrected chi connectivity index (χ0v) is 22.1. The summed E-state index contributed by atoms with van der Waals surface area (Å²) in [7, 11) is 1.75. The summed E-state index contributed by atoms with van der Waals surface area (Å²) in [5.41, 5.74) is 8.22. The van der Waals surface area contributed by atoms with Crippen LogP contribution >= 0.6 is 0 Å². The second kappa shape index (κ2) is 8.30. The van der Waals surface area contributed by atoms with Crippen LogP contribution < -0.4 is 9.80 Å². The van der Waals surface area contributed by atoms with Crippen molar-refractivity contribution >= 4 is 11.4 Å². The van der Waals surface area contributed by atoms with Crippen LogP contribution in [0.2, 0.25) is 0 Å². The number of aliphatic hydroxyl groups excluding tert-OH is 1. The molecule has 2 heterocycles. The first-order chi connectivity index (χ1) is 16.7. The highest BCUT2D eigenvalue weighted by atomic mass is 16.5. The Bertz CT molecular complexity index is 1250. The molecule has 0 amide bonds. The highest BCUT2D eigenvalue weighted by Crippen LogP contribution is 2.52. The van der Waals surface area contributed by atoms with Crippen molar-refractivity contribution in [1.82, 2.24) is 0 Å². The van der Waals surface area contributed by atoms with Gasteiger partial charge in [0.2, 0.25) is 0 Å². The summed E-state index contributed by atoms with van der Waals surface area (Å²) in [4.78, 5) is 4.74. The van der Waals surface area contributed by atoms with Gasteiger partial charge in [0, 0.05) is 59.4 Å². The Morgan fingerprint density at radius 2 is 1.31 bits per heavy atom. The van der Waals surface area contributed by atoms with Crippen molar-refractivity contribution < 1.29 is 9.84 Å². The molecule has 2 aromatic rings. The third-order valence-corrected chi connectivity index (χ3v) is 8.36. The zero-order valence-electron chi connectivity index (χ0n) is 22.1. The van der Waals surface area contributed by atoms with E-state index in [2.05, 4.69) is 112 Å². The first-order valence-corrected chi connectivity index (χ1v) is 12.8. The molecule has 0 fully saturated rings. The van der Waals surface area contributed by atoms with E-state index in [0.29, 0.717) is 5.76 Å². The predicted octanol–water partition coefficient (Wildman–Crippen LogP) is 6.85. The van der Waals surface area contributed by atoms with Crippen molar-refractivity contribution in [2.24, 2.45) is 5.92 Å². The van der Waals surface area contributed by atoms with Crippen molar-refractivity contribution in [3.8, 4) is 0 Å². The molecule has 0 bridgehead atoms. The Kier molecular flexibility index (Phi) is 5.63. The monoisotopic (exact) mass is 470 g/mol. The number of ether oxygens (including phenoxy) is 1. The van der Waals surface area contributed by atoms with E-state index >= 15 is 0 Å². The lowest BCUT2D eigenvalue weighted by atomic mass is 9.75. The lowest BCUT2D eigenvalue weighted by molar-refractivity contribution is 0.0616. The van der Waals surface area contributed by atoms with Gasteiger partial charge in [0.15, 0.2) is 0 Å². The molecule has 1 aliphatic carbocycles. The third kappa shape index (κ3) is 3.30. The molecule has 4 nitrogen and oxygen atoms in total. The molecule has 0 saturated heterocycles. The maximum Gasteiger partial charge on any atom is 0.108 e. The number of aliphatic hydroxyl groups is 1. The second-order valence-corrected chi connectivity index (χ2v) is 10.9. The minimum Gasteiger partial charge on any atom is -0.511 e. The number of anilines is 2. The van der Waals surface area contributed by atoms with E-state index in [0.717, 1.165) is 18.7 Å². The Morgan fingerprint density at radius 1 is 0.829 bits per heavy atom. The van der Waals surface area contributed by atoms with E-state index in [1.807, 2.05) is 0 Å². The first-order valence-electron chi connectivity index (χ1n) is 12.8. The number of hydrogen-bond donors (Lipinski definition) is 1. The van der Waals surface area contributed by atoms with Crippen LogP contribution in [0.3, 0.4) is 0 Å². The van der Waals surface area contributed by atoms with Gasteiger partial charge in [-0.15, -0.1) is 0 Å². The van der Waals surface area contributed by atoms with Crippen LogP contribution in [0.15, 0.2) is 83.4 Å². The number of likely N-dealkylation sites (N-methyl/N-ethyl adjacent to an activating group) is 2. The third-order valence-electron chi connectivity index (χ3n) is 8.36. The fourth-order valence-electron chi connectivity index (χ4n) is 6.42. The summed E-state index contributed by atoms with van der Waals surface area (Å²) in [6.45, 7) is 15.2. The van der Waals surface area contributed by atoms with Crippen LogP contribution in [0, 0.1) is 5.92 Å². The number of fused-ring (bicyclic) bond motifs is 2. The van der Waals surface area contributed by atoms with E-state index in [1.165, 1.54) is 33.9 Å². The molecule has 3 aliphatic rings. The molecule has 2 aliphatic heterocycles. The van der Waals surface area contributed by atoms with E-state index in [-0.39, 0.29) is 22.9 Å². The number of nitrogens with zero attached hydrogens (tertiary/aromatic N) is 2. The summed E-state index contributed by atoms with van der Waals surface area (Å²) in [5, 5.41) is 11.4. The van der Waals surface area contributed by atoms with Gasteiger partial charge in [-0.2, -0.15) is 0 Å². The SMILES string of the molecule is CCN1C(=CC2=C(O)C(C=C3N(CC)c4ccccc4C3(C)C)C2OC)C(C)(C)c2ccccc21. The van der Waals surface area contributed by atoms with Crippen molar-refractivity contribution in [2.75, 3.05) is 30.0 Å². The highest BCUT2D eigenvalue weighted by molar-refractivity contribution is 5.72.